The Bertz CT molecular complexity index is 1040. The largest absolute Gasteiger partial charge is 0.391 e. The minimum atomic E-state index is -4.33. The predicted molar refractivity (Wildman–Crippen MR) is 211 cm³/mol. The highest BCUT2D eigenvalue weighted by Gasteiger charge is 2.26. The molecule has 49 heavy (non-hydrogen) atoms. The molecule has 0 saturated carbocycles. The Kier molecular flexibility index (Phi) is 34.0. The Balaban J connectivity index is 4.02. The number of nitrogens with one attached hydrogen (secondary N) is 1. The average Bonchev–Trinajstić information content (AvgIpc) is 3.06. The number of hydrogen-bond donors (Lipinski definition) is 3. The van der Waals surface area contributed by atoms with Gasteiger partial charge in [-0.05, 0) is 64.2 Å². The van der Waals surface area contributed by atoms with Gasteiger partial charge in [0, 0.05) is 6.42 Å². The fourth-order valence-electron chi connectivity index (χ4n) is 5.51. The molecule has 0 aromatic rings. The quantitative estimate of drug-likeness (QED) is 0.0351. The first-order chi connectivity index (χ1) is 23.8. The second-order valence-electron chi connectivity index (χ2n) is 13.2. The van der Waals surface area contributed by atoms with Gasteiger partial charge in [0.15, 0.2) is 0 Å². The van der Waals surface area contributed by atoms with Crippen LogP contribution in [0.2, 0.25) is 0 Å². The monoisotopic (exact) mass is 704 g/mol. The van der Waals surface area contributed by atoms with Crippen LogP contribution in [0, 0.1) is 0 Å². The van der Waals surface area contributed by atoms with Crippen molar-refractivity contribution in [2.45, 2.75) is 180 Å². The highest BCUT2D eigenvalue weighted by Crippen LogP contribution is 2.15. The van der Waals surface area contributed by atoms with E-state index in [2.05, 4.69) is 92.1 Å². The van der Waals surface area contributed by atoms with Crippen molar-refractivity contribution in [3.05, 3.63) is 72.9 Å². The second kappa shape index (κ2) is 35.6. The normalized spacial score (nSPS) is 14.1. The molecule has 0 saturated heterocycles. The number of rotatable bonds is 34. The zero-order valence-corrected chi connectivity index (χ0v) is 32.1. The first-order valence-corrected chi connectivity index (χ1v) is 21.2. The number of allylic oxidation sites excluding steroid dienone is 12. The number of aliphatic hydroxyl groups is 1. The Morgan fingerprint density at radius 2 is 0.980 bits per heavy atom. The van der Waals surface area contributed by atoms with Crippen molar-refractivity contribution in [2.75, 3.05) is 5.75 Å². The van der Waals surface area contributed by atoms with Gasteiger partial charge >= 0.3 is 0 Å². The van der Waals surface area contributed by atoms with E-state index in [1.165, 1.54) is 64.2 Å². The van der Waals surface area contributed by atoms with Crippen LogP contribution in [0.4, 0.5) is 0 Å². The SMILES string of the molecule is CC/C=C\C/C=C\C/C=C\C/C=C\C/C=C\C/C=C\CCCCC(=O)NC(CS(=O)(=O)O)C(O)CCCCCCCCCCCCCCC. The molecule has 6 nitrogen and oxygen atoms in total. The summed E-state index contributed by atoms with van der Waals surface area (Å²) in [6.45, 7) is 4.39. The molecule has 0 bridgehead atoms. The molecule has 1 amide bonds. The molecular weight excluding hydrogens is 631 g/mol. The minimum absolute atomic E-state index is 0.260. The highest BCUT2D eigenvalue weighted by molar-refractivity contribution is 7.85. The van der Waals surface area contributed by atoms with Crippen molar-refractivity contribution >= 4 is 16.0 Å². The lowest BCUT2D eigenvalue weighted by Crippen LogP contribution is -2.47. The van der Waals surface area contributed by atoms with E-state index in [1.807, 2.05) is 0 Å². The smallest absolute Gasteiger partial charge is 0.266 e. The van der Waals surface area contributed by atoms with Crippen LogP contribution < -0.4 is 5.32 Å². The molecule has 0 rings (SSSR count). The van der Waals surface area contributed by atoms with Crippen LogP contribution in [0.3, 0.4) is 0 Å². The van der Waals surface area contributed by atoms with Crippen molar-refractivity contribution in [3.63, 3.8) is 0 Å². The topological polar surface area (TPSA) is 104 Å². The van der Waals surface area contributed by atoms with Crippen molar-refractivity contribution < 1.29 is 22.9 Å². The molecule has 0 aliphatic carbocycles. The summed E-state index contributed by atoms with van der Waals surface area (Å²) in [4.78, 5) is 12.5. The lowest BCUT2D eigenvalue weighted by Gasteiger charge is -2.23. The molecule has 2 unspecified atom stereocenters. The van der Waals surface area contributed by atoms with Crippen molar-refractivity contribution in [2.24, 2.45) is 0 Å². The molecule has 0 aliphatic heterocycles. The summed E-state index contributed by atoms with van der Waals surface area (Å²) in [6.07, 6.45) is 49.9. The summed E-state index contributed by atoms with van der Waals surface area (Å²) in [6, 6.07) is -0.997. The van der Waals surface area contributed by atoms with Gasteiger partial charge in [-0.2, -0.15) is 8.42 Å². The summed E-state index contributed by atoms with van der Waals surface area (Å²) >= 11 is 0. The van der Waals surface area contributed by atoms with Crippen LogP contribution in [-0.2, 0) is 14.9 Å². The third-order valence-corrected chi connectivity index (χ3v) is 9.21. The fraction of sp³-hybridized carbons (Fsp3) is 0.690. The summed E-state index contributed by atoms with van der Waals surface area (Å²) in [7, 11) is -4.33. The van der Waals surface area contributed by atoms with E-state index in [0.717, 1.165) is 70.6 Å². The molecule has 3 N–H and O–H groups in total. The van der Waals surface area contributed by atoms with E-state index in [1.54, 1.807) is 0 Å². The molecule has 282 valence electrons. The zero-order valence-electron chi connectivity index (χ0n) is 31.3. The van der Waals surface area contributed by atoms with Gasteiger partial charge in [-0.25, -0.2) is 0 Å². The lowest BCUT2D eigenvalue weighted by molar-refractivity contribution is -0.122. The number of carbonyl (C=O) groups excluding carboxylic acids is 1. The molecule has 0 spiro atoms. The van der Waals surface area contributed by atoms with Crippen molar-refractivity contribution in [3.8, 4) is 0 Å². The van der Waals surface area contributed by atoms with Crippen molar-refractivity contribution in [1.29, 1.82) is 0 Å². The average molecular weight is 704 g/mol. The molecule has 0 aromatic carbocycles. The Morgan fingerprint density at radius 3 is 1.41 bits per heavy atom. The van der Waals surface area contributed by atoms with E-state index in [0.29, 0.717) is 12.8 Å². The molecule has 0 radical (unpaired) electrons. The third-order valence-electron chi connectivity index (χ3n) is 8.43. The molecule has 2 atom stereocenters. The number of unbranched alkanes of at least 4 members (excludes halogenated alkanes) is 14. The molecule has 0 aromatic heterocycles. The lowest BCUT2D eigenvalue weighted by atomic mass is 10.0. The van der Waals surface area contributed by atoms with E-state index < -0.39 is 28.0 Å². The Morgan fingerprint density at radius 1 is 0.571 bits per heavy atom. The second-order valence-corrected chi connectivity index (χ2v) is 14.7. The highest BCUT2D eigenvalue weighted by atomic mass is 32.2. The Labute approximate surface area is 302 Å². The summed E-state index contributed by atoms with van der Waals surface area (Å²) in [5, 5.41) is 13.3. The van der Waals surface area contributed by atoms with Crippen LogP contribution in [0.1, 0.15) is 168 Å². The zero-order chi connectivity index (χ0) is 36.1. The number of carbonyl (C=O) groups is 1. The van der Waals surface area contributed by atoms with Gasteiger partial charge < -0.3 is 10.4 Å². The maximum absolute atomic E-state index is 12.5. The molecule has 7 heteroatoms. The Hall–Kier alpha value is -2.22. The van der Waals surface area contributed by atoms with Crippen LogP contribution >= 0.6 is 0 Å². The van der Waals surface area contributed by atoms with Crippen molar-refractivity contribution in [1.82, 2.24) is 5.32 Å². The van der Waals surface area contributed by atoms with E-state index >= 15 is 0 Å². The third kappa shape index (κ3) is 36.9. The first kappa shape index (κ1) is 46.8. The summed E-state index contributed by atoms with van der Waals surface area (Å²) < 4.78 is 32.5. The summed E-state index contributed by atoms with van der Waals surface area (Å²) in [5.74, 6) is -0.961. The van der Waals surface area contributed by atoms with Gasteiger partial charge in [0.2, 0.25) is 5.91 Å². The maximum atomic E-state index is 12.5. The first-order valence-electron chi connectivity index (χ1n) is 19.6. The molecule has 0 heterocycles. The number of amides is 1. The number of hydrogen-bond acceptors (Lipinski definition) is 4. The van der Waals surface area contributed by atoms with Gasteiger partial charge in [0.25, 0.3) is 10.1 Å². The summed E-state index contributed by atoms with van der Waals surface area (Å²) in [5.41, 5.74) is 0. The maximum Gasteiger partial charge on any atom is 0.266 e. The van der Waals surface area contributed by atoms with Crippen LogP contribution in [0.5, 0.6) is 0 Å². The van der Waals surface area contributed by atoms with Gasteiger partial charge in [-0.3, -0.25) is 9.35 Å². The molecule has 0 aliphatic rings. The predicted octanol–water partition coefficient (Wildman–Crippen LogP) is 11.5. The van der Waals surface area contributed by atoms with Crippen LogP contribution in [0.25, 0.3) is 0 Å². The number of aliphatic hydroxyl groups excluding tert-OH is 1. The van der Waals surface area contributed by atoms with Gasteiger partial charge in [0.05, 0.1) is 17.9 Å². The van der Waals surface area contributed by atoms with E-state index in [4.69, 9.17) is 0 Å². The van der Waals surface area contributed by atoms with Gasteiger partial charge in [-0.1, -0.05) is 170 Å². The van der Waals surface area contributed by atoms with Crippen LogP contribution in [0.15, 0.2) is 72.9 Å². The van der Waals surface area contributed by atoms with Gasteiger partial charge in [-0.15, -0.1) is 0 Å². The fourth-order valence-corrected chi connectivity index (χ4v) is 6.27. The van der Waals surface area contributed by atoms with E-state index in [9.17, 15) is 22.9 Å². The molecular formula is C42H73NO5S. The standard InChI is InChI=1S/C42H73NO5S/c1-3-5-7-9-11-13-15-17-18-19-20-21-22-23-24-26-28-30-32-34-36-38-42(45)43-40(39-49(46,47)48)41(44)37-35-33-31-29-27-25-16-14-12-10-8-6-4-2/h5,7,11,13,17-18,20-21,23-24,28,30,40-41,44H,3-4,6,8-10,12,14-16,19,22,25-27,29,31-39H2,1-2H3,(H,43,45)(H,46,47,48)/b7-5-,13-11-,18-17-,21-20-,24-23-,30-28-. The van der Waals surface area contributed by atoms with E-state index in [-0.39, 0.29) is 12.3 Å². The minimum Gasteiger partial charge on any atom is -0.391 e. The van der Waals surface area contributed by atoms with Gasteiger partial charge in [0.1, 0.15) is 0 Å². The molecule has 0 fully saturated rings. The van der Waals surface area contributed by atoms with Crippen LogP contribution in [-0.4, -0.2) is 41.9 Å².